The minimum absolute atomic E-state index is 0.0488. The standard InChI is InChI=1S/C14H13F3I3NO6S/c15-14(16,17)28(24,25)21-3-5-26-11(22)2-1-4-27-13(23)9-6-8(18)7-10(19)12(9)20/h6-7,21H,1-5H2. The average Bonchev–Trinajstić information content (AvgIpc) is 2.57. The maximum Gasteiger partial charge on any atom is 0.511 e. The SMILES string of the molecule is O=C(CCCOC(=O)c1cc(I)cc(I)c1I)OCCNS(=O)(=O)C(F)(F)F. The predicted molar refractivity (Wildman–Crippen MR) is 118 cm³/mol. The third-order valence-corrected chi connectivity index (χ3v) is 7.79. The molecule has 1 aromatic carbocycles. The first-order chi connectivity index (χ1) is 12.8. The van der Waals surface area contributed by atoms with Gasteiger partial charge in [-0.15, -0.1) is 0 Å². The first-order valence-corrected chi connectivity index (χ1v) is 12.1. The molecule has 0 saturated heterocycles. The fourth-order valence-corrected chi connectivity index (χ4v) is 4.55. The van der Waals surface area contributed by atoms with Crippen LogP contribution in [-0.2, 0) is 24.3 Å². The van der Waals surface area contributed by atoms with Crippen LogP contribution in [0.3, 0.4) is 0 Å². The van der Waals surface area contributed by atoms with E-state index in [0.29, 0.717) is 5.56 Å². The summed E-state index contributed by atoms with van der Waals surface area (Å²) in [6, 6.07) is 3.59. The molecule has 0 atom stereocenters. The lowest BCUT2D eigenvalue weighted by Crippen LogP contribution is -2.38. The minimum Gasteiger partial charge on any atom is -0.464 e. The number of ether oxygens (including phenoxy) is 2. The van der Waals surface area contributed by atoms with Crippen LogP contribution < -0.4 is 4.72 Å². The van der Waals surface area contributed by atoms with Gasteiger partial charge < -0.3 is 9.47 Å². The lowest BCUT2D eigenvalue weighted by atomic mass is 10.2. The minimum atomic E-state index is -5.46. The fraction of sp³-hybridized carbons (Fsp3) is 0.429. The summed E-state index contributed by atoms with van der Waals surface area (Å²) in [4.78, 5) is 23.6. The molecule has 0 aliphatic heterocycles. The van der Waals surface area contributed by atoms with Crippen molar-refractivity contribution in [2.45, 2.75) is 18.3 Å². The number of hydrogen-bond donors (Lipinski definition) is 1. The Morgan fingerprint density at radius 1 is 1.07 bits per heavy atom. The van der Waals surface area contributed by atoms with Gasteiger partial charge in [0, 0.05) is 23.7 Å². The van der Waals surface area contributed by atoms with E-state index in [1.807, 2.05) is 28.7 Å². The Hall–Kier alpha value is 0.0500. The number of rotatable bonds is 9. The van der Waals surface area contributed by atoms with Crippen molar-refractivity contribution in [2.24, 2.45) is 0 Å². The van der Waals surface area contributed by atoms with Crippen LogP contribution >= 0.6 is 67.8 Å². The first kappa shape index (κ1) is 26.1. The molecule has 0 heterocycles. The molecule has 0 bridgehead atoms. The van der Waals surface area contributed by atoms with Gasteiger partial charge in [-0.25, -0.2) is 17.9 Å². The number of sulfonamides is 1. The summed E-state index contributed by atoms with van der Waals surface area (Å²) >= 11 is 6.21. The monoisotopic (exact) mass is 761 g/mol. The van der Waals surface area contributed by atoms with Crippen LogP contribution in [-0.4, -0.2) is 45.6 Å². The van der Waals surface area contributed by atoms with Crippen LogP contribution in [0.5, 0.6) is 0 Å². The van der Waals surface area contributed by atoms with Crippen LogP contribution in [0, 0.1) is 10.7 Å². The zero-order chi connectivity index (χ0) is 21.5. The number of carbonyl (C=O) groups is 2. The van der Waals surface area contributed by atoms with E-state index in [0.717, 1.165) is 10.7 Å². The molecule has 0 fully saturated rings. The van der Waals surface area contributed by atoms with Crippen molar-refractivity contribution >= 4 is 89.7 Å². The third-order valence-electron chi connectivity index (χ3n) is 2.93. The molecule has 1 rings (SSSR count). The van der Waals surface area contributed by atoms with E-state index in [4.69, 9.17) is 4.74 Å². The van der Waals surface area contributed by atoms with E-state index in [2.05, 4.69) is 49.9 Å². The second-order valence-corrected chi connectivity index (χ2v) is 10.3. The van der Waals surface area contributed by atoms with E-state index in [1.165, 1.54) is 4.72 Å². The Morgan fingerprint density at radius 2 is 1.71 bits per heavy atom. The Labute approximate surface area is 199 Å². The Morgan fingerprint density at radius 3 is 2.32 bits per heavy atom. The predicted octanol–water partition coefficient (Wildman–Crippen LogP) is 3.42. The van der Waals surface area contributed by atoms with Crippen LogP contribution in [0.2, 0.25) is 0 Å². The first-order valence-electron chi connectivity index (χ1n) is 7.38. The molecule has 0 aliphatic carbocycles. The van der Waals surface area contributed by atoms with Gasteiger partial charge in [0.25, 0.3) is 0 Å². The average molecular weight is 761 g/mol. The number of nitrogens with one attached hydrogen (secondary N) is 1. The maximum atomic E-state index is 12.1. The molecular formula is C14H13F3I3NO6S. The largest absolute Gasteiger partial charge is 0.511 e. The van der Waals surface area contributed by atoms with E-state index >= 15 is 0 Å². The van der Waals surface area contributed by atoms with Gasteiger partial charge in [0.15, 0.2) is 0 Å². The van der Waals surface area contributed by atoms with Gasteiger partial charge in [0.1, 0.15) is 6.61 Å². The molecule has 0 spiro atoms. The lowest BCUT2D eigenvalue weighted by molar-refractivity contribution is -0.143. The number of benzene rings is 1. The molecule has 0 saturated carbocycles. The number of alkyl halides is 3. The van der Waals surface area contributed by atoms with Crippen molar-refractivity contribution in [3.8, 4) is 0 Å². The molecule has 0 aliphatic rings. The summed E-state index contributed by atoms with van der Waals surface area (Å²) in [5.41, 5.74) is -5.01. The van der Waals surface area contributed by atoms with Crippen molar-refractivity contribution in [3.05, 3.63) is 28.4 Å². The molecule has 158 valence electrons. The molecule has 0 aromatic heterocycles. The molecular weight excluding hydrogens is 748 g/mol. The number of halogens is 6. The molecule has 0 amide bonds. The van der Waals surface area contributed by atoms with E-state index in [1.54, 1.807) is 6.07 Å². The number of carbonyl (C=O) groups excluding carboxylic acids is 2. The third kappa shape index (κ3) is 8.42. The maximum absolute atomic E-state index is 12.1. The number of hydrogen-bond acceptors (Lipinski definition) is 6. The van der Waals surface area contributed by atoms with Crippen LogP contribution in [0.1, 0.15) is 23.2 Å². The van der Waals surface area contributed by atoms with Crippen LogP contribution in [0.25, 0.3) is 0 Å². The van der Waals surface area contributed by atoms with Crippen molar-refractivity contribution in [1.82, 2.24) is 4.72 Å². The van der Waals surface area contributed by atoms with Crippen LogP contribution in [0.15, 0.2) is 12.1 Å². The topological polar surface area (TPSA) is 98.8 Å². The van der Waals surface area contributed by atoms with Gasteiger partial charge in [-0.2, -0.15) is 13.2 Å². The van der Waals surface area contributed by atoms with Gasteiger partial charge in [-0.05, 0) is 86.3 Å². The van der Waals surface area contributed by atoms with E-state index in [9.17, 15) is 31.2 Å². The molecule has 14 heteroatoms. The van der Waals surface area contributed by atoms with Gasteiger partial charge >= 0.3 is 27.5 Å². The summed E-state index contributed by atoms with van der Waals surface area (Å²) in [5, 5.41) is 0. The summed E-state index contributed by atoms with van der Waals surface area (Å²) < 4.78 is 71.2. The molecule has 7 nitrogen and oxygen atoms in total. The smallest absolute Gasteiger partial charge is 0.464 e. The zero-order valence-corrected chi connectivity index (χ0v) is 21.1. The van der Waals surface area contributed by atoms with Gasteiger partial charge in [0.05, 0.1) is 12.2 Å². The fourth-order valence-electron chi connectivity index (χ4n) is 1.66. The summed E-state index contributed by atoms with van der Waals surface area (Å²) in [5.74, 6) is -1.28. The summed E-state index contributed by atoms with van der Waals surface area (Å²) in [7, 11) is -5.46. The van der Waals surface area contributed by atoms with Crippen LogP contribution in [0.4, 0.5) is 13.2 Å². The highest BCUT2D eigenvalue weighted by atomic mass is 127. The van der Waals surface area contributed by atoms with Crippen molar-refractivity contribution in [2.75, 3.05) is 19.8 Å². The van der Waals surface area contributed by atoms with Gasteiger partial charge in [-0.1, -0.05) is 0 Å². The van der Waals surface area contributed by atoms with Crippen molar-refractivity contribution in [3.63, 3.8) is 0 Å². The summed E-state index contributed by atoms with van der Waals surface area (Å²) in [6.45, 7) is -1.30. The molecule has 0 unspecified atom stereocenters. The second-order valence-electron chi connectivity index (χ2n) is 5.05. The van der Waals surface area contributed by atoms with E-state index in [-0.39, 0.29) is 19.4 Å². The molecule has 0 radical (unpaired) electrons. The number of esters is 2. The second kappa shape index (κ2) is 11.4. The van der Waals surface area contributed by atoms with Crippen molar-refractivity contribution < 1.29 is 40.7 Å². The van der Waals surface area contributed by atoms with Gasteiger partial charge in [-0.3, -0.25) is 4.79 Å². The summed E-state index contributed by atoms with van der Waals surface area (Å²) in [6.07, 6.45) is 0.0106. The molecule has 1 aromatic rings. The Balaban J connectivity index is 2.30. The Bertz CT molecular complexity index is 832. The highest BCUT2D eigenvalue weighted by Crippen LogP contribution is 2.23. The molecule has 28 heavy (non-hydrogen) atoms. The van der Waals surface area contributed by atoms with Gasteiger partial charge in [0.2, 0.25) is 0 Å². The zero-order valence-electron chi connectivity index (χ0n) is 13.8. The highest BCUT2D eigenvalue weighted by molar-refractivity contribution is 14.1. The highest BCUT2D eigenvalue weighted by Gasteiger charge is 2.45. The molecule has 1 N–H and O–H groups in total. The van der Waals surface area contributed by atoms with Crippen molar-refractivity contribution in [1.29, 1.82) is 0 Å². The Kier molecular flexibility index (Phi) is 10.7. The lowest BCUT2D eigenvalue weighted by Gasteiger charge is -2.10. The van der Waals surface area contributed by atoms with E-state index < -0.39 is 40.6 Å². The normalized spacial score (nSPS) is 11.9. The quantitative estimate of drug-likeness (QED) is 0.180.